The lowest BCUT2D eigenvalue weighted by molar-refractivity contribution is -0.141. The molecule has 1 heterocycles. The molecule has 0 aliphatic rings. The first-order valence-electron chi connectivity index (χ1n) is 3.78. The third kappa shape index (κ3) is 1.86. The van der Waals surface area contributed by atoms with Crippen molar-refractivity contribution in [3.8, 4) is 5.88 Å². The van der Waals surface area contributed by atoms with Crippen molar-refractivity contribution in [1.82, 2.24) is 9.97 Å². The number of aromatic nitrogens is 2. The van der Waals surface area contributed by atoms with Crippen LogP contribution in [-0.4, -0.2) is 15.1 Å². The van der Waals surface area contributed by atoms with Crippen molar-refractivity contribution in [1.29, 1.82) is 0 Å². The van der Waals surface area contributed by atoms with Crippen LogP contribution < -0.4 is 5.73 Å². The molecule has 3 N–H and O–H groups in total. The van der Waals surface area contributed by atoms with Gasteiger partial charge in [0.15, 0.2) is 5.69 Å². The summed E-state index contributed by atoms with van der Waals surface area (Å²) in [6.45, 7) is 1.46. The van der Waals surface area contributed by atoms with Crippen LogP contribution in [0.25, 0.3) is 0 Å². The number of rotatable bonds is 1. The number of nitrogen functional groups attached to an aromatic ring is 1. The molecule has 4 nitrogen and oxygen atoms in total. The summed E-state index contributed by atoms with van der Waals surface area (Å²) in [6.07, 6.45) is -4.64. The number of aromatic hydroxyl groups is 1. The largest absolute Gasteiger partial charge is 0.493 e. The zero-order valence-corrected chi connectivity index (χ0v) is 7.26. The monoisotopic (exact) mass is 207 g/mol. The van der Waals surface area contributed by atoms with Crippen molar-refractivity contribution in [2.24, 2.45) is 0 Å². The minimum Gasteiger partial charge on any atom is -0.493 e. The van der Waals surface area contributed by atoms with Crippen molar-refractivity contribution in [3.05, 3.63) is 11.3 Å². The molecule has 0 unspecified atom stereocenters. The summed E-state index contributed by atoms with van der Waals surface area (Å²) in [4.78, 5) is 6.30. The minimum atomic E-state index is -4.63. The molecule has 0 atom stereocenters. The van der Waals surface area contributed by atoms with Gasteiger partial charge >= 0.3 is 6.18 Å². The van der Waals surface area contributed by atoms with E-state index in [1.54, 1.807) is 0 Å². The second-order valence-corrected chi connectivity index (χ2v) is 2.58. The van der Waals surface area contributed by atoms with Gasteiger partial charge in [-0.05, 0) is 6.42 Å². The quantitative estimate of drug-likeness (QED) is 0.728. The lowest BCUT2D eigenvalue weighted by atomic mass is 10.1. The highest BCUT2D eigenvalue weighted by Crippen LogP contribution is 2.33. The molecule has 0 aliphatic carbocycles. The Morgan fingerprint density at radius 1 is 1.36 bits per heavy atom. The van der Waals surface area contributed by atoms with Gasteiger partial charge in [-0.3, -0.25) is 0 Å². The van der Waals surface area contributed by atoms with Crippen LogP contribution in [0.15, 0.2) is 0 Å². The van der Waals surface area contributed by atoms with Gasteiger partial charge in [-0.25, -0.2) is 4.98 Å². The molecule has 0 amide bonds. The molecule has 0 radical (unpaired) electrons. The van der Waals surface area contributed by atoms with Gasteiger partial charge in [-0.15, -0.1) is 0 Å². The summed E-state index contributed by atoms with van der Waals surface area (Å²) < 4.78 is 37.0. The maximum Gasteiger partial charge on any atom is 0.433 e. The van der Waals surface area contributed by atoms with Crippen LogP contribution in [0.5, 0.6) is 5.88 Å². The number of alkyl halides is 3. The molecule has 1 aromatic rings. The SMILES string of the molecule is CCc1c(O)nc(N)nc1C(F)(F)F. The number of nitrogens with zero attached hydrogens (tertiary/aromatic N) is 2. The van der Waals surface area contributed by atoms with Crippen LogP contribution in [0.3, 0.4) is 0 Å². The van der Waals surface area contributed by atoms with Gasteiger partial charge in [-0.2, -0.15) is 18.2 Å². The molecule has 0 fully saturated rings. The van der Waals surface area contributed by atoms with Gasteiger partial charge in [0, 0.05) is 5.56 Å². The van der Waals surface area contributed by atoms with E-state index < -0.39 is 23.7 Å². The lowest BCUT2D eigenvalue weighted by Crippen LogP contribution is -2.14. The number of anilines is 1. The summed E-state index contributed by atoms with van der Waals surface area (Å²) >= 11 is 0. The molecule has 0 bridgehead atoms. The Kier molecular flexibility index (Phi) is 2.50. The first-order valence-corrected chi connectivity index (χ1v) is 3.78. The van der Waals surface area contributed by atoms with Crippen LogP contribution in [0.2, 0.25) is 0 Å². The molecule has 0 aliphatic heterocycles. The molecule has 1 rings (SSSR count). The van der Waals surface area contributed by atoms with Crippen LogP contribution in [0, 0.1) is 0 Å². The summed E-state index contributed by atoms with van der Waals surface area (Å²) in [5.41, 5.74) is 3.48. The number of hydrogen-bond donors (Lipinski definition) is 2. The predicted molar refractivity (Wildman–Crippen MR) is 42.5 cm³/mol. The molecule has 0 spiro atoms. The van der Waals surface area contributed by atoms with Crippen molar-refractivity contribution < 1.29 is 18.3 Å². The fourth-order valence-electron chi connectivity index (χ4n) is 1.05. The van der Waals surface area contributed by atoms with Crippen molar-refractivity contribution in [2.75, 3.05) is 5.73 Å². The van der Waals surface area contributed by atoms with E-state index in [4.69, 9.17) is 10.8 Å². The molecule has 14 heavy (non-hydrogen) atoms. The van der Waals surface area contributed by atoms with E-state index >= 15 is 0 Å². The van der Waals surface area contributed by atoms with Crippen LogP contribution in [-0.2, 0) is 12.6 Å². The molecule has 1 aromatic heterocycles. The van der Waals surface area contributed by atoms with E-state index in [0.29, 0.717) is 0 Å². The maximum absolute atomic E-state index is 12.3. The fourth-order valence-corrected chi connectivity index (χ4v) is 1.05. The second-order valence-electron chi connectivity index (χ2n) is 2.58. The molecular formula is C7H8F3N3O. The predicted octanol–water partition coefficient (Wildman–Crippen LogP) is 1.35. The highest BCUT2D eigenvalue weighted by Gasteiger charge is 2.37. The van der Waals surface area contributed by atoms with Crippen molar-refractivity contribution >= 4 is 5.95 Å². The molecule has 0 saturated heterocycles. The molecule has 0 saturated carbocycles. The normalized spacial score (nSPS) is 11.7. The Labute approximate surface area is 77.6 Å². The lowest BCUT2D eigenvalue weighted by Gasteiger charge is -2.11. The smallest absolute Gasteiger partial charge is 0.433 e. The summed E-state index contributed by atoms with van der Waals surface area (Å²) in [7, 11) is 0. The maximum atomic E-state index is 12.3. The third-order valence-electron chi connectivity index (χ3n) is 1.62. The highest BCUT2D eigenvalue weighted by molar-refractivity contribution is 5.36. The number of nitrogens with two attached hydrogens (primary N) is 1. The van der Waals surface area contributed by atoms with E-state index in [2.05, 4.69) is 9.97 Å². The van der Waals surface area contributed by atoms with Gasteiger partial charge < -0.3 is 10.8 Å². The van der Waals surface area contributed by atoms with Gasteiger partial charge in [0.1, 0.15) is 0 Å². The molecular weight excluding hydrogens is 199 g/mol. The fraction of sp³-hybridized carbons (Fsp3) is 0.429. The molecule has 7 heteroatoms. The van der Waals surface area contributed by atoms with Crippen molar-refractivity contribution in [2.45, 2.75) is 19.5 Å². The van der Waals surface area contributed by atoms with E-state index in [-0.39, 0.29) is 12.0 Å². The first-order chi connectivity index (χ1) is 6.36. The Bertz CT molecular complexity index is 351. The standard InChI is InChI=1S/C7H8F3N3O/c1-2-3-4(7(8,9)10)12-6(11)13-5(3)14/h2H2,1H3,(H3,11,12,13,14). The Balaban J connectivity index is 3.40. The van der Waals surface area contributed by atoms with Gasteiger partial charge in [-0.1, -0.05) is 6.92 Å². The minimum absolute atomic E-state index is 0.0129. The van der Waals surface area contributed by atoms with E-state index in [1.807, 2.05) is 0 Å². The van der Waals surface area contributed by atoms with Gasteiger partial charge in [0.25, 0.3) is 0 Å². The van der Waals surface area contributed by atoms with E-state index in [0.717, 1.165) is 0 Å². The van der Waals surface area contributed by atoms with Crippen LogP contribution in [0.4, 0.5) is 19.1 Å². The second kappa shape index (κ2) is 3.32. The highest BCUT2D eigenvalue weighted by atomic mass is 19.4. The van der Waals surface area contributed by atoms with Gasteiger partial charge in [0.2, 0.25) is 11.8 Å². The topological polar surface area (TPSA) is 72.0 Å². The van der Waals surface area contributed by atoms with E-state index in [9.17, 15) is 13.2 Å². The van der Waals surface area contributed by atoms with Crippen molar-refractivity contribution in [3.63, 3.8) is 0 Å². The van der Waals surface area contributed by atoms with E-state index in [1.165, 1.54) is 6.92 Å². The number of halogens is 3. The summed E-state index contributed by atoms with van der Waals surface area (Å²) in [5, 5.41) is 9.10. The third-order valence-corrected chi connectivity index (χ3v) is 1.62. The van der Waals surface area contributed by atoms with Gasteiger partial charge in [0.05, 0.1) is 0 Å². The first kappa shape index (κ1) is 10.6. The summed E-state index contributed by atoms with van der Waals surface area (Å²) in [6, 6.07) is 0. The zero-order valence-electron chi connectivity index (χ0n) is 7.26. The zero-order chi connectivity index (χ0) is 10.9. The average molecular weight is 207 g/mol. The Morgan fingerprint density at radius 3 is 2.36 bits per heavy atom. The Hall–Kier alpha value is -1.53. The average Bonchev–Trinajstić information content (AvgIpc) is 2.01. The molecule has 0 aromatic carbocycles. The number of hydrogen-bond acceptors (Lipinski definition) is 4. The van der Waals surface area contributed by atoms with Crippen LogP contribution >= 0.6 is 0 Å². The molecule has 78 valence electrons. The Morgan fingerprint density at radius 2 is 1.93 bits per heavy atom. The summed E-state index contributed by atoms with van der Waals surface area (Å²) in [5.74, 6) is -1.31. The van der Waals surface area contributed by atoms with Crippen LogP contribution in [0.1, 0.15) is 18.2 Å².